The molecule has 0 atom stereocenters. The first-order valence-corrected chi connectivity index (χ1v) is 8.44. The Morgan fingerprint density at radius 3 is 2.60 bits per heavy atom. The highest BCUT2D eigenvalue weighted by molar-refractivity contribution is 5.95. The molecule has 1 N–H and O–H groups in total. The number of carbonyl (C=O) groups is 1. The number of hydrogen-bond acceptors (Lipinski definition) is 3. The van der Waals surface area contributed by atoms with Crippen LogP contribution in [-0.2, 0) is 6.54 Å². The van der Waals surface area contributed by atoms with E-state index in [1.54, 1.807) is 6.20 Å². The summed E-state index contributed by atoms with van der Waals surface area (Å²) in [6.45, 7) is 5.33. The normalized spacial score (nSPS) is 10.6. The fraction of sp³-hybridized carbons (Fsp3) is 0.250. The molecule has 3 aromatic rings. The number of amides is 1. The van der Waals surface area contributed by atoms with Crippen LogP contribution in [0.25, 0.3) is 11.3 Å². The molecule has 2 heterocycles. The van der Waals surface area contributed by atoms with Crippen LogP contribution in [0.1, 0.15) is 28.0 Å². The van der Waals surface area contributed by atoms with E-state index in [0.717, 1.165) is 29.9 Å². The third-order valence-electron chi connectivity index (χ3n) is 4.09. The van der Waals surface area contributed by atoms with Crippen LogP contribution in [0.3, 0.4) is 0 Å². The topological polar surface area (TPSA) is 59.8 Å². The van der Waals surface area contributed by atoms with E-state index in [4.69, 9.17) is 0 Å². The Morgan fingerprint density at radius 2 is 1.92 bits per heavy atom. The molecular weight excluding hydrogens is 312 g/mol. The van der Waals surface area contributed by atoms with E-state index in [2.05, 4.69) is 34.5 Å². The monoisotopic (exact) mass is 334 g/mol. The summed E-state index contributed by atoms with van der Waals surface area (Å²) in [5.41, 5.74) is 4.51. The smallest absolute Gasteiger partial charge is 0.253 e. The van der Waals surface area contributed by atoms with Crippen molar-refractivity contribution in [1.82, 2.24) is 20.1 Å². The molecule has 0 aliphatic carbocycles. The lowest BCUT2D eigenvalue weighted by Crippen LogP contribution is -2.26. The molecule has 5 heteroatoms. The van der Waals surface area contributed by atoms with Gasteiger partial charge in [-0.1, -0.05) is 29.8 Å². The van der Waals surface area contributed by atoms with E-state index in [9.17, 15) is 4.79 Å². The minimum Gasteiger partial charge on any atom is -0.352 e. The molecule has 0 aliphatic rings. The summed E-state index contributed by atoms with van der Waals surface area (Å²) in [4.78, 5) is 16.9. The first-order chi connectivity index (χ1) is 12.1. The summed E-state index contributed by atoms with van der Waals surface area (Å²) in [6, 6.07) is 13.9. The van der Waals surface area contributed by atoms with Gasteiger partial charge in [0.2, 0.25) is 0 Å². The lowest BCUT2D eigenvalue weighted by atomic mass is 10.1. The fourth-order valence-electron chi connectivity index (χ4n) is 2.66. The van der Waals surface area contributed by atoms with Gasteiger partial charge in [0.1, 0.15) is 0 Å². The van der Waals surface area contributed by atoms with Gasteiger partial charge in [0.25, 0.3) is 5.91 Å². The fourth-order valence-corrected chi connectivity index (χ4v) is 2.66. The largest absolute Gasteiger partial charge is 0.352 e. The van der Waals surface area contributed by atoms with E-state index in [-0.39, 0.29) is 5.91 Å². The van der Waals surface area contributed by atoms with Crippen LogP contribution in [0.4, 0.5) is 0 Å². The van der Waals surface area contributed by atoms with Gasteiger partial charge < -0.3 is 5.32 Å². The summed E-state index contributed by atoms with van der Waals surface area (Å²) in [5.74, 6) is -0.0825. The predicted molar refractivity (Wildman–Crippen MR) is 98.3 cm³/mol. The van der Waals surface area contributed by atoms with E-state index in [0.29, 0.717) is 12.1 Å². The van der Waals surface area contributed by atoms with E-state index >= 15 is 0 Å². The average Bonchev–Trinajstić information content (AvgIpc) is 3.12. The van der Waals surface area contributed by atoms with Gasteiger partial charge in [-0.05, 0) is 38.5 Å². The molecule has 128 valence electrons. The van der Waals surface area contributed by atoms with Crippen molar-refractivity contribution in [2.45, 2.75) is 26.8 Å². The molecule has 0 aliphatic heterocycles. The van der Waals surface area contributed by atoms with Crippen molar-refractivity contribution in [3.63, 3.8) is 0 Å². The molecule has 1 aromatic carbocycles. The molecule has 0 saturated heterocycles. The maximum atomic E-state index is 12.3. The summed E-state index contributed by atoms with van der Waals surface area (Å²) < 4.78 is 1.86. The Bertz CT molecular complexity index is 839. The van der Waals surface area contributed by atoms with Crippen molar-refractivity contribution in [2.24, 2.45) is 0 Å². The van der Waals surface area contributed by atoms with Crippen LogP contribution >= 0.6 is 0 Å². The first-order valence-electron chi connectivity index (χ1n) is 8.44. The minimum absolute atomic E-state index is 0.0825. The number of nitrogens with one attached hydrogen (secondary N) is 1. The van der Waals surface area contributed by atoms with Gasteiger partial charge in [-0.3, -0.25) is 14.5 Å². The Hall–Kier alpha value is -2.95. The standard InChI is InChI=1S/C20H22N4O/c1-15-5-7-17(8-6-15)19-10-9-18(16(2)23-19)20(25)21-11-3-13-24-14-4-12-22-24/h4-10,12,14H,3,11,13H2,1-2H3,(H,21,25). The van der Waals surface area contributed by atoms with Crippen molar-refractivity contribution in [3.05, 3.63) is 71.7 Å². The van der Waals surface area contributed by atoms with Crippen molar-refractivity contribution in [3.8, 4) is 11.3 Å². The van der Waals surface area contributed by atoms with Gasteiger partial charge in [-0.2, -0.15) is 5.10 Å². The van der Waals surface area contributed by atoms with Gasteiger partial charge >= 0.3 is 0 Å². The lowest BCUT2D eigenvalue weighted by Gasteiger charge is -2.09. The van der Waals surface area contributed by atoms with Crippen molar-refractivity contribution in [1.29, 1.82) is 0 Å². The zero-order chi connectivity index (χ0) is 17.6. The number of aryl methyl sites for hydroxylation is 3. The molecule has 2 aromatic heterocycles. The molecule has 5 nitrogen and oxygen atoms in total. The number of pyridine rings is 1. The highest BCUT2D eigenvalue weighted by Gasteiger charge is 2.11. The van der Waals surface area contributed by atoms with Crippen LogP contribution in [0.2, 0.25) is 0 Å². The Kier molecular flexibility index (Phi) is 5.23. The van der Waals surface area contributed by atoms with Gasteiger partial charge in [0.15, 0.2) is 0 Å². The number of carbonyl (C=O) groups excluding carboxylic acids is 1. The lowest BCUT2D eigenvalue weighted by molar-refractivity contribution is 0.0951. The SMILES string of the molecule is Cc1ccc(-c2ccc(C(=O)NCCCn3cccn3)c(C)n2)cc1. The molecule has 3 rings (SSSR count). The zero-order valence-corrected chi connectivity index (χ0v) is 14.6. The molecule has 0 bridgehead atoms. The molecule has 0 saturated carbocycles. The maximum absolute atomic E-state index is 12.3. The van der Waals surface area contributed by atoms with E-state index in [1.807, 2.05) is 48.1 Å². The Labute approximate surface area is 147 Å². The van der Waals surface area contributed by atoms with Gasteiger partial charge in [0, 0.05) is 31.0 Å². The molecule has 0 spiro atoms. The van der Waals surface area contributed by atoms with E-state index < -0.39 is 0 Å². The first kappa shape index (κ1) is 16.9. The van der Waals surface area contributed by atoms with Crippen LogP contribution in [-0.4, -0.2) is 27.2 Å². The maximum Gasteiger partial charge on any atom is 0.253 e. The highest BCUT2D eigenvalue weighted by atomic mass is 16.1. The minimum atomic E-state index is -0.0825. The van der Waals surface area contributed by atoms with Crippen LogP contribution in [0, 0.1) is 13.8 Å². The summed E-state index contributed by atoms with van der Waals surface area (Å²) in [6.07, 6.45) is 4.50. The quantitative estimate of drug-likeness (QED) is 0.703. The Balaban J connectivity index is 1.60. The second-order valence-electron chi connectivity index (χ2n) is 6.07. The van der Waals surface area contributed by atoms with E-state index in [1.165, 1.54) is 5.56 Å². The molecular formula is C20H22N4O. The molecule has 1 amide bonds. The zero-order valence-electron chi connectivity index (χ0n) is 14.6. The average molecular weight is 334 g/mol. The van der Waals surface area contributed by atoms with Crippen molar-refractivity contribution >= 4 is 5.91 Å². The summed E-state index contributed by atoms with van der Waals surface area (Å²) in [7, 11) is 0. The van der Waals surface area contributed by atoms with Gasteiger partial charge in [-0.25, -0.2) is 0 Å². The Morgan fingerprint density at radius 1 is 1.12 bits per heavy atom. The van der Waals surface area contributed by atoms with Crippen molar-refractivity contribution < 1.29 is 4.79 Å². The van der Waals surface area contributed by atoms with Crippen LogP contribution in [0.5, 0.6) is 0 Å². The molecule has 0 unspecified atom stereocenters. The predicted octanol–water partition coefficient (Wildman–Crippen LogP) is 3.38. The number of rotatable bonds is 6. The van der Waals surface area contributed by atoms with Crippen molar-refractivity contribution in [2.75, 3.05) is 6.54 Å². The third-order valence-corrected chi connectivity index (χ3v) is 4.09. The van der Waals surface area contributed by atoms with Gasteiger partial charge in [-0.15, -0.1) is 0 Å². The number of hydrogen-bond donors (Lipinski definition) is 1. The van der Waals surface area contributed by atoms with Crippen LogP contribution in [0.15, 0.2) is 54.9 Å². The summed E-state index contributed by atoms with van der Waals surface area (Å²) in [5, 5.41) is 7.09. The number of nitrogens with zero attached hydrogens (tertiary/aromatic N) is 3. The summed E-state index contributed by atoms with van der Waals surface area (Å²) >= 11 is 0. The number of benzene rings is 1. The van der Waals surface area contributed by atoms with Crippen LogP contribution < -0.4 is 5.32 Å². The molecule has 25 heavy (non-hydrogen) atoms. The molecule has 0 fully saturated rings. The highest BCUT2D eigenvalue weighted by Crippen LogP contribution is 2.19. The second kappa shape index (κ2) is 7.75. The van der Waals surface area contributed by atoms with Gasteiger partial charge in [0.05, 0.1) is 17.0 Å². The third kappa shape index (κ3) is 4.32. The molecule has 0 radical (unpaired) electrons. The number of aromatic nitrogens is 3. The second-order valence-corrected chi connectivity index (χ2v) is 6.07.